The van der Waals surface area contributed by atoms with Crippen LogP contribution in [0.25, 0.3) is 0 Å². The minimum absolute atomic E-state index is 0.0191. The van der Waals surface area contributed by atoms with E-state index in [0.717, 1.165) is 0 Å². The molecule has 0 saturated carbocycles. The summed E-state index contributed by atoms with van der Waals surface area (Å²) in [6.07, 6.45) is 0.309. The van der Waals surface area contributed by atoms with Gasteiger partial charge >= 0.3 is 0 Å². The Morgan fingerprint density at radius 2 is 1.93 bits per heavy atom. The van der Waals surface area contributed by atoms with Crippen LogP contribution in [0.2, 0.25) is 0 Å². The normalized spacial score (nSPS) is 10.1. The summed E-state index contributed by atoms with van der Waals surface area (Å²) in [4.78, 5) is 22.5. The lowest BCUT2D eigenvalue weighted by Gasteiger charge is -1.92. The standard InChI is InChI=1S/C8H10N2O4/c1-3-5(11)7-8(6(12)4-2)10(13)14-9-7/h3-4H2,1-2H3. The van der Waals surface area contributed by atoms with Crippen LogP contribution in [0.5, 0.6) is 0 Å². The maximum atomic E-state index is 11.3. The molecule has 1 aromatic rings. The molecule has 0 saturated heterocycles. The average molecular weight is 198 g/mol. The highest BCUT2D eigenvalue weighted by atomic mass is 16.8. The van der Waals surface area contributed by atoms with Crippen LogP contribution in [0.15, 0.2) is 4.63 Å². The molecule has 6 heteroatoms. The number of hydrogen-bond donors (Lipinski definition) is 0. The Hall–Kier alpha value is -1.72. The number of Topliss-reactive ketones (excluding diaryl/α,β-unsaturated/α-hetero) is 2. The van der Waals surface area contributed by atoms with Crippen molar-refractivity contribution in [2.24, 2.45) is 0 Å². The highest BCUT2D eigenvalue weighted by molar-refractivity contribution is 6.05. The van der Waals surface area contributed by atoms with Crippen molar-refractivity contribution in [1.29, 1.82) is 0 Å². The molecule has 1 aromatic heterocycles. The first-order valence-corrected chi connectivity index (χ1v) is 4.27. The van der Waals surface area contributed by atoms with E-state index in [-0.39, 0.29) is 34.9 Å². The van der Waals surface area contributed by atoms with Crippen LogP contribution < -0.4 is 4.90 Å². The Morgan fingerprint density at radius 3 is 2.43 bits per heavy atom. The number of ketones is 2. The molecule has 14 heavy (non-hydrogen) atoms. The first kappa shape index (κ1) is 10.4. The van der Waals surface area contributed by atoms with Gasteiger partial charge in [0.15, 0.2) is 0 Å². The lowest BCUT2D eigenvalue weighted by molar-refractivity contribution is -0.803. The second kappa shape index (κ2) is 3.99. The molecule has 1 heterocycles. The number of hydrogen-bond acceptors (Lipinski definition) is 5. The van der Waals surface area contributed by atoms with E-state index < -0.39 is 5.78 Å². The van der Waals surface area contributed by atoms with E-state index in [1.54, 1.807) is 13.8 Å². The second-order valence-corrected chi connectivity index (χ2v) is 2.68. The highest BCUT2D eigenvalue weighted by Crippen LogP contribution is 2.06. The zero-order chi connectivity index (χ0) is 10.7. The summed E-state index contributed by atoms with van der Waals surface area (Å²) in [5.41, 5.74) is -0.464. The van der Waals surface area contributed by atoms with E-state index in [2.05, 4.69) is 9.79 Å². The van der Waals surface area contributed by atoms with E-state index in [1.165, 1.54) is 0 Å². The van der Waals surface area contributed by atoms with Gasteiger partial charge in [-0.15, -0.1) is 0 Å². The van der Waals surface area contributed by atoms with Crippen molar-refractivity contribution < 1.29 is 19.1 Å². The summed E-state index contributed by atoms with van der Waals surface area (Å²) in [6, 6.07) is 0. The van der Waals surface area contributed by atoms with Crippen molar-refractivity contribution in [2.45, 2.75) is 26.7 Å². The van der Waals surface area contributed by atoms with Crippen LogP contribution in [0.3, 0.4) is 0 Å². The summed E-state index contributed by atoms with van der Waals surface area (Å²) < 4.78 is 4.21. The quantitative estimate of drug-likeness (QED) is 0.519. The number of carbonyl (C=O) groups excluding carboxylic acids is 2. The molecule has 76 valence electrons. The van der Waals surface area contributed by atoms with Crippen LogP contribution >= 0.6 is 0 Å². The Bertz CT molecular complexity index is 369. The van der Waals surface area contributed by atoms with Gasteiger partial charge in [0.05, 0.1) is 5.16 Å². The summed E-state index contributed by atoms with van der Waals surface area (Å²) in [5.74, 6) is -0.821. The number of carbonyl (C=O) groups is 2. The summed E-state index contributed by atoms with van der Waals surface area (Å²) >= 11 is 0. The molecule has 0 N–H and O–H groups in total. The van der Waals surface area contributed by atoms with E-state index in [9.17, 15) is 14.8 Å². The molecular formula is C8H10N2O4. The maximum absolute atomic E-state index is 11.3. The zero-order valence-corrected chi connectivity index (χ0v) is 7.94. The molecule has 0 aliphatic rings. The maximum Gasteiger partial charge on any atom is 0.294 e. The molecule has 0 atom stereocenters. The van der Waals surface area contributed by atoms with Crippen molar-refractivity contribution in [1.82, 2.24) is 5.16 Å². The van der Waals surface area contributed by atoms with Gasteiger partial charge in [-0.05, 0) is 4.90 Å². The lowest BCUT2D eigenvalue weighted by Crippen LogP contribution is -2.32. The summed E-state index contributed by atoms with van der Waals surface area (Å²) in [7, 11) is 0. The van der Waals surface area contributed by atoms with Crippen molar-refractivity contribution in [3.05, 3.63) is 16.6 Å². The van der Waals surface area contributed by atoms with Gasteiger partial charge in [0.2, 0.25) is 11.6 Å². The van der Waals surface area contributed by atoms with Crippen molar-refractivity contribution in [2.75, 3.05) is 0 Å². The highest BCUT2D eigenvalue weighted by Gasteiger charge is 2.29. The zero-order valence-electron chi connectivity index (χ0n) is 7.94. The van der Waals surface area contributed by atoms with Gasteiger partial charge in [0.1, 0.15) is 0 Å². The van der Waals surface area contributed by atoms with E-state index in [0.29, 0.717) is 0 Å². The fraction of sp³-hybridized carbons (Fsp3) is 0.500. The number of rotatable bonds is 4. The lowest BCUT2D eigenvalue weighted by atomic mass is 10.1. The molecular weight excluding hydrogens is 188 g/mol. The molecule has 0 bridgehead atoms. The third kappa shape index (κ3) is 1.63. The van der Waals surface area contributed by atoms with Crippen LogP contribution in [0.4, 0.5) is 0 Å². The Morgan fingerprint density at radius 1 is 1.36 bits per heavy atom. The van der Waals surface area contributed by atoms with Crippen molar-refractivity contribution in [3.8, 4) is 0 Å². The van der Waals surface area contributed by atoms with Crippen molar-refractivity contribution >= 4 is 11.6 Å². The van der Waals surface area contributed by atoms with Crippen molar-refractivity contribution in [3.63, 3.8) is 0 Å². The molecule has 6 nitrogen and oxygen atoms in total. The van der Waals surface area contributed by atoms with Gasteiger partial charge in [-0.25, -0.2) is 0 Å². The molecule has 0 aliphatic carbocycles. The minimum Gasteiger partial charge on any atom is -0.359 e. The molecule has 1 rings (SSSR count). The third-order valence-corrected chi connectivity index (χ3v) is 1.78. The first-order chi connectivity index (χ1) is 6.61. The smallest absolute Gasteiger partial charge is 0.294 e. The third-order valence-electron chi connectivity index (χ3n) is 1.78. The van der Waals surface area contributed by atoms with E-state index >= 15 is 0 Å². The minimum atomic E-state index is -0.446. The monoisotopic (exact) mass is 198 g/mol. The Labute approximate surface area is 80.0 Å². The van der Waals surface area contributed by atoms with Crippen LogP contribution in [-0.4, -0.2) is 16.7 Å². The van der Waals surface area contributed by atoms with E-state index in [4.69, 9.17) is 0 Å². The van der Waals surface area contributed by atoms with Crippen LogP contribution in [-0.2, 0) is 0 Å². The van der Waals surface area contributed by atoms with Crippen LogP contribution in [0, 0.1) is 5.21 Å². The van der Waals surface area contributed by atoms with Gasteiger partial charge in [0, 0.05) is 12.8 Å². The number of nitrogens with zero attached hydrogens (tertiary/aromatic N) is 2. The largest absolute Gasteiger partial charge is 0.359 e. The second-order valence-electron chi connectivity index (χ2n) is 2.68. The van der Waals surface area contributed by atoms with Gasteiger partial charge in [-0.3, -0.25) is 14.2 Å². The molecule has 0 aromatic carbocycles. The molecule has 0 fully saturated rings. The van der Waals surface area contributed by atoms with Gasteiger partial charge < -0.3 is 5.21 Å². The Kier molecular flexibility index (Phi) is 2.95. The molecule has 0 aliphatic heterocycles. The predicted molar refractivity (Wildman–Crippen MR) is 44.7 cm³/mol. The fourth-order valence-electron chi connectivity index (χ4n) is 1.00. The number of aromatic nitrogens is 2. The predicted octanol–water partition coefficient (Wildman–Crippen LogP) is 0.493. The van der Waals surface area contributed by atoms with Gasteiger partial charge in [-0.2, -0.15) is 0 Å². The van der Waals surface area contributed by atoms with Gasteiger partial charge in [-0.1, -0.05) is 13.8 Å². The van der Waals surface area contributed by atoms with E-state index in [1.807, 2.05) is 0 Å². The average Bonchev–Trinajstić information content (AvgIpc) is 2.58. The SMILES string of the molecule is CCC(=O)c1no[n+]([O-])c1C(=O)CC. The van der Waals surface area contributed by atoms with Gasteiger partial charge in [0.25, 0.3) is 11.4 Å². The molecule has 0 unspecified atom stereocenters. The van der Waals surface area contributed by atoms with Crippen LogP contribution in [0.1, 0.15) is 47.7 Å². The summed E-state index contributed by atoms with van der Waals surface area (Å²) in [6.45, 7) is 3.21. The topological polar surface area (TPSA) is 87.1 Å². The summed E-state index contributed by atoms with van der Waals surface area (Å²) in [5, 5.41) is 14.2. The first-order valence-electron chi connectivity index (χ1n) is 4.27. The Balaban J connectivity index is 3.19. The molecule has 0 radical (unpaired) electrons. The molecule has 0 amide bonds. The fourth-order valence-corrected chi connectivity index (χ4v) is 1.00. The molecule has 0 spiro atoms.